The maximum Gasteiger partial charge on any atom is 0.277 e. The number of rotatable bonds is 5. The summed E-state index contributed by atoms with van der Waals surface area (Å²) in [5.74, 6) is -0.786. The van der Waals surface area contributed by atoms with Crippen LogP contribution in [0.1, 0.15) is 22.0 Å². The van der Waals surface area contributed by atoms with Gasteiger partial charge in [-0.25, -0.2) is 0 Å². The predicted octanol–water partition coefficient (Wildman–Crippen LogP) is 3.83. The zero-order valence-electron chi connectivity index (χ0n) is 16.2. The van der Waals surface area contributed by atoms with Gasteiger partial charge < -0.3 is 15.4 Å². The largest absolute Gasteiger partial charge is 0.474 e. The summed E-state index contributed by atoms with van der Waals surface area (Å²) in [6.45, 7) is 0. The number of benzene rings is 3. The Hall–Kier alpha value is -4.80. The van der Waals surface area contributed by atoms with Crippen LogP contribution in [0.3, 0.4) is 0 Å². The van der Waals surface area contributed by atoms with Crippen molar-refractivity contribution < 1.29 is 24.2 Å². The Balaban J connectivity index is 1.57. The summed E-state index contributed by atoms with van der Waals surface area (Å²) in [5.41, 5.74) is -0.159. The van der Waals surface area contributed by atoms with Gasteiger partial charge >= 0.3 is 0 Å². The average Bonchev–Trinajstić information content (AvgIpc) is 2.78. The van der Waals surface area contributed by atoms with E-state index in [4.69, 9.17) is 4.74 Å². The fraction of sp³-hybridized carbons (Fsp3) is 0.0476. The number of non-ortho nitro benzene ring substituents is 2. The van der Waals surface area contributed by atoms with E-state index in [1.165, 1.54) is 12.1 Å². The van der Waals surface area contributed by atoms with E-state index < -0.39 is 33.2 Å². The van der Waals surface area contributed by atoms with Crippen molar-refractivity contribution in [1.29, 1.82) is 0 Å². The molecule has 0 saturated carbocycles. The first-order valence-electron chi connectivity index (χ1n) is 9.23. The summed E-state index contributed by atoms with van der Waals surface area (Å²) in [5, 5.41) is 27.3. The Morgan fingerprint density at radius 2 is 1.59 bits per heavy atom. The van der Waals surface area contributed by atoms with Gasteiger partial charge in [0, 0.05) is 23.4 Å². The molecule has 3 aromatic carbocycles. The molecular formula is C21H14N4O7. The van der Waals surface area contributed by atoms with Gasteiger partial charge in [0.2, 0.25) is 6.10 Å². The topological polar surface area (TPSA) is 154 Å². The van der Waals surface area contributed by atoms with Crippen LogP contribution in [0.15, 0.2) is 66.7 Å². The van der Waals surface area contributed by atoms with Crippen LogP contribution < -0.4 is 15.4 Å². The number of hydrogen-bond donors (Lipinski definition) is 2. The van der Waals surface area contributed by atoms with Crippen molar-refractivity contribution in [2.24, 2.45) is 0 Å². The Bertz CT molecular complexity index is 1230. The summed E-state index contributed by atoms with van der Waals surface area (Å²) in [7, 11) is 0. The maximum absolute atomic E-state index is 12.6. The molecule has 11 heteroatoms. The van der Waals surface area contributed by atoms with Crippen molar-refractivity contribution in [3.63, 3.8) is 0 Å². The van der Waals surface area contributed by atoms with Gasteiger partial charge in [0.15, 0.2) is 0 Å². The molecule has 11 nitrogen and oxygen atoms in total. The summed E-state index contributed by atoms with van der Waals surface area (Å²) >= 11 is 0. The minimum atomic E-state index is -0.824. The van der Waals surface area contributed by atoms with Crippen molar-refractivity contribution >= 4 is 34.6 Å². The second kappa shape index (κ2) is 8.14. The summed E-state index contributed by atoms with van der Waals surface area (Å²) in [4.78, 5) is 45.4. The van der Waals surface area contributed by atoms with Crippen LogP contribution in [0.4, 0.5) is 22.7 Å². The Morgan fingerprint density at radius 3 is 2.22 bits per heavy atom. The van der Waals surface area contributed by atoms with E-state index in [1.807, 2.05) is 6.07 Å². The molecule has 0 aliphatic carbocycles. The van der Waals surface area contributed by atoms with Crippen LogP contribution in [0.5, 0.6) is 5.75 Å². The summed E-state index contributed by atoms with van der Waals surface area (Å²) in [6, 6.07) is 16.1. The van der Waals surface area contributed by atoms with Crippen LogP contribution in [-0.4, -0.2) is 21.7 Å². The standard InChI is InChI=1S/C21H14N4O7/c26-20(13-8-15(24(28)29)11-16(9-13)25(30)31)22-14-6-7-18-17(10-14)23-21(27)19(32-18)12-4-2-1-3-5-12/h1-11,19H,(H,22,26)(H,23,27). The van der Waals surface area contributed by atoms with Gasteiger partial charge in [0.1, 0.15) is 5.75 Å². The molecule has 0 spiro atoms. The fourth-order valence-corrected chi connectivity index (χ4v) is 3.17. The highest BCUT2D eigenvalue weighted by Gasteiger charge is 2.29. The first-order chi connectivity index (χ1) is 15.3. The molecule has 2 N–H and O–H groups in total. The molecule has 1 heterocycles. The van der Waals surface area contributed by atoms with Crippen LogP contribution >= 0.6 is 0 Å². The van der Waals surface area contributed by atoms with Gasteiger partial charge in [-0.1, -0.05) is 30.3 Å². The number of nitrogens with one attached hydrogen (secondary N) is 2. The Morgan fingerprint density at radius 1 is 0.938 bits per heavy atom. The molecule has 0 aromatic heterocycles. The lowest BCUT2D eigenvalue weighted by Crippen LogP contribution is -2.30. The van der Waals surface area contributed by atoms with Crippen molar-refractivity contribution in [3.05, 3.63) is 98.1 Å². The average molecular weight is 434 g/mol. The van der Waals surface area contributed by atoms with Crippen molar-refractivity contribution in [2.75, 3.05) is 10.6 Å². The molecule has 0 saturated heterocycles. The van der Waals surface area contributed by atoms with E-state index in [2.05, 4.69) is 10.6 Å². The van der Waals surface area contributed by atoms with Crippen LogP contribution in [-0.2, 0) is 4.79 Å². The van der Waals surface area contributed by atoms with E-state index in [-0.39, 0.29) is 17.2 Å². The van der Waals surface area contributed by atoms with Crippen LogP contribution in [0.2, 0.25) is 0 Å². The number of carbonyl (C=O) groups excluding carboxylic acids is 2. The molecule has 1 atom stereocenters. The third-order valence-corrected chi connectivity index (χ3v) is 4.67. The number of anilines is 2. The molecule has 3 aromatic rings. The smallest absolute Gasteiger partial charge is 0.277 e. The third-order valence-electron chi connectivity index (χ3n) is 4.67. The SMILES string of the molecule is O=C(Nc1ccc2c(c1)NC(=O)C(c1ccccc1)O2)c1cc([N+](=O)[O-])cc([N+](=O)[O-])c1. The molecule has 1 unspecified atom stereocenters. The van der Waals surface area contributed by atoms with Crippen molar-refractivity contribution in [3.8, 4) is 5.75 Å². The van der Waals surface area contributed by atoms with E-state index in [0.717, 1.165) is 18.2 Å². The molecule has 1 aliphatic rings. The third kappa shape index (κ3) is 4.07. The van der Waals surface area contributed by atoms with Crippen LogP contribution in [0, 0.1) is 20.2 Å². The maximum atomic E-state index is 12.6. The number of hydrogen-bond acceptors (Lipinski definition) is 7. The molecule has 1 aliphatic heterocycles. The van der Waals surface area contributed by atoms with E-state index in [9.17, 15) is 29.8 Å². The minimum absolute atomic E-state index is 0.255. The van der Waals surface area contributed by atoms with E-state index >= 15 is 0 Å². The molecule has 0 fully saturated rings. The highest BCUT2D eigenvalue weighted by atomic mass is 16.6. The molecular weight excluding hydrogens is 420 g/mol. The fourth-order valence-electron chi connectivity index (χ4n) is 3.17. The molecule has 160 valence electrons. The lowest BCUT2D eigenvalue weighted by Gasteiger charge is -2.26. The van der Waals surface area contributed by atoms with Crippen LogP contribution in [0.25, 0.3) is 0 Å². The molecule has 2 amide bonds. The number of nitro groups is 2. The van der Waals surface area contributed by atoms with Gasteiger partial charge in [-0.15, -0.1) is 0 Å². The number of amides is 2. The molecule has 32 heavy (non-hydrogen) atoms. The summed E-state index contributed by atoms with van der Waals surface area (Å²) in [6.07, 6.45) is -0.824. The number of nitro benzene ring substituents is 2. The number of carbonyl (C=O) groups is 2. The van der Waals surface area contributed by atoms with Gasteiger partial charge in [0.25, 0.3) is 23.2 Å². The number of nitrogens with zero attached hydrogens (tertiary/aromatic N) is 2. The highest BCUT2D eigenvalue weighted by Crippen LogP contribution is 2.36. The first-order valence-corrected chi connectivity index (χ1v) is 9.23. The molecule has 0 radical (unpaired) electrons. The zero-order chi connectivity index (χ0) is 22.8. The van der Waals surface area contributed by atoms with E-state index in [1.54, 1.807) is 30.3 Å². The minimum Gasteiger partial charge on any atom is -0.474 e. The number of ether oxygens (including phenoxy) is 1. The highest BCUT2D eigenvalue weighted by molar-refractivity contribution is 6.06. The van der Waals surface area contributed by atoms with Gasteiger partial charge in [-0.2, -0.15) is 0 Å². The lowest BCUT2D eigenvalue weighted by molar-refractivity contribution is -0.394. The van der Waals surface area contributed by atoms with Crippen molar-refractivity contribution in [1.82, 2.24) is 0 Å². The molecule has 4 rings (SSSR count). The zero-order valence-corrected chi connectivity index (χ0v) is 16.2. The van der Waals surface area contributed by atoms with Gasteiger partial charge in [-0.3, -0.25) is 29.8 Å². The Kier molecular flexibility index (Phi) is 5.21. The lowest BCUT2D eigenvalue weighted by atomic mass is 10.1. The van der Waals surface area contributed by atoms with Gasteiger partial charge in [0.05, 0.1) is 27.2 Å². The van der Waals surface area contributed by atoms with E-state index in [0.29, 0.717) is 17.0 Å². The first kappa shape index (κ1) is 20.5. The van der Waals surface area contributed by atoms with Gasteiger partial charge in [-0.05, 0) is 18.2 Å². The monoisotopic (exact) mass is 434 g/mol. The molecule has 0 bridgehead atoms. The normalized spacial score (nSPS) is 14.5. The Labute approximate surface area is 179 Å². The quantitative estimate of drug-likeness (QED) is 0.457. The second-order valence-electron chi connectivity index (χ2n) is 6.82. The van der Waals surface area contributed by atoms with Crippen molar-refractivity contribution in [2.45, 2.75) is 6.10 Å². The number of fused-ring (bicyclic) bond motifs is 1. The second-order valence-corrected chi connectivity index (χ2v) is 6.82. The summed E-state index contributed by atoms with van der Waals surface area (Å²) < 4.78 is 5.78. The predicted molar refractivity (Wildman–Crippen MR) is 113 cm³/mol.